The van der Waals surface area contributed by atoms with Crippen LogP contribution >= 0.6 is 0 Å². The van der Waals surface area contributed by atoms with E-state index in [1.165, 1.54) is 0 Å². The normalized spacial score (nSPS) is 39.3. The number of nitrogens with one attached hydrogen (secondary N) is 1. The van der Waals surface area contributed by atoms with Gasteiger partial charge < -0.3 is 24.6 Å². The first kappa shape index (κ1) is 11.8. The zero-order chi connectivity index (χ0) is 11.5. The Morgan fingerprint density at radius 3 is 3.00 bits per heavy atom. The van der Waals surface area contributed by atoms with Gasteiger partial charge in [-0.2, -0.15) is 0 Å². The Labute approximate surface area is 94.4 Å². The number of methoxy groups -OCH3 is 1. The second-order valence-corrected chi connectivity index (χ2v) is 3.94. The van der Waals surface area contributed by atoms with E-state index in [1.54, 1.807) is 18.2 Å². The highest BCUT2D eigenvalue weighted by molar-refractivity contribution is 4.95. The number of hydrogen-bond donors (Lipinski definition) is 3. The average molecular weight is 230 g/mol. The molecular formula is C10H18N2O4. The second kappa shape index (κ2) is 5.11. The number of aliphatic hydroxyl groups excluding tert-OH is 2. The lowest BCUT2D eigenvalue weighted by Crippen LogP contribution is -2.50. The van der Waals surface area contributed by atoms with E-state index in [-0.39, 0.29) is 25.0 Å². The van der Waals surface area contributed by atoms with Gasteiger partial charge in [-0.05, 0) is 0 Å². The molecule has 2 rings (SSSR count). The lowest BCUT2D eigenvalue weighted by molar-refractivity contribution is -0.124. The Bertz CT molecular complexity index is 249. The molecule has 6 heteroatoms. The molecule has 0 aromatic carbocycles. The summed E-state index contributed by atoms with van der Waals surface area (Å²) in [4.78, 5) is 1.69. The Kier molecular flexibility index (Phi) is 3.78. The van der Waals surface area contributed by atoms with Crippen LogP contribution in [-0.2, 0) is 9.47 Å². The van der Waals surface area contributed by atoms with Gasteiger partial charge in [0.25, 0.3) is 0 Å². The van der Waals surface area contributed by atoms with Crippen LogP contribution < -0.4 is 5.32 Å². The molecule has 6 nitrogen and oxygen atoms in total. The Balaban J connectivity index is 2.00. The largest absolute Gasteiger partial charge is 0.394 e. The van der Waals surface area contributed by atoms with Gasteiger partial charge in [-0.3, -0.25) is 5.32 Å². The first-order chi connectivity index (χ1) is 7.76. The molecule has 1 saturated heterocycles. The molecular weight excluding hydrogens is 212 g/mol. The topological polar surface area (TPSA) is 74.2 Å². The van der Waals surface area contributed by atoms with Gasteiger partial charge in [0.15, 0.2) is 6.35 Å². The van der Waals surface area contributed by atoms with Crippen LogP contribution in [0.15, 0.2) is 12.3 Å². The van der Waals surface area contributed by atoms with E-state index in [4.69, 9.17) is 14.6 Å². The molecule has 0 bridgehead atoms. The Hall–Kier alpha value is -0.660. The van der Waals surface area contributed by atoms with Crippen LogP contribution in [0.1, 0.15) is 6.42 Å². The van der Waals surface area contributed by atoms with E-state index in [1.807, 2.05) is 6.08 Å². The van der Waals surface area contributed by atoms with Gasteiger partial charge in [0.05, 0.1) is 12.7 Å². The summed E-state index contributed by atoms with van der Waals surface area (Å²) in [6.45, 7) is 0.567. The highest BCUT2D eigenvalue weighted by Gasteiger charge is 2.39. The third kappa shape index (κ3) is 2.21. The number of aliphatic hydroxyl groups is 2. The predicted molar refractivity (Wildman–Crippen MR) is 56.1 cm³/mol. The number of hydrogen-bond acceptors (Lipinski definition) is 6. The molecule has 3 N–H and O–H groups in total. The van der Waals surface area contributed by atoms with Crippen LogP contribution in [0, 0.1) is 0 Å². The first-order valence-electron chi connectivity index (χ1n) is 5.41. The molecule has 92 valence electrons. The van der Waals surface area contributed by atoms with Crippen molar-refractivity contribution in [1.82, 2.24) is 10.2 Å². The third-order valence-corrected chi connectivity index (χ3v) is 2.97. The standard InChI is InChI=1S/C10H18N2O4/c1-15-7-5-9(16-8(7)6-13)12-4-2-3-11-10(12)14/h2,4,7-11,13-14H,3,5-6H2,1H3. The second-order valence-electron chi connectivity index (χ2n) is 3.94. The van der Waals surface area contributed by atoms with Crippen molar-refractivity contribution in [3.63, 3.8) is 0 Å². The molecule has 2 aliphatic rings. The van der Waals surface area contributed by atoms with E-state index in [9.17, 15) is 5.11 Å². The van der Waals surface area contributed by atoms with E-state index in [0.29, 0.717) is 13.0 Å². The molecule has 0 aromatic rings. The summed E-state index contributed by atoms with van der Waals surface area (Å²) in [6.07, 6.45) is 2.88. The molecule has 0 aliphatic carbocycles. The van der Waals surface area contributed by atoms with E-state index < -0.39 is 6.35 Å². The van der Waals surface area contributed by atoms with Crippen LogP contribution in [0.3, 0.4) is 0 Å². The predicted octanol–water partition coefficient (Wildman–Crippen LogP) is -1.20. The van der Waals surface area contributed by atoms with Crippen LogP contribution in [0.5, 0.6) is 0 Å². The van der Waals surface area contributed by atoms with Gasteiger partial charge in [0.2, 0.25) is 0 Å². The fourth-order valence-electron chi connectivity index (χ4n) is 2.08. The van der Waals surface area contributed by atoms with Gasteiger partial charge in [-0.1, -0.05) is 6.08 Å². The van der Waals surface area contributed by atoms with Gasteiger partial charge in [-0.15, -0.1) is 0 Å². The molecule has 4 unspecified atom stereocenters. The first-order valence-corrected chi connectivity index (χ1v) is 5.41. The quantitative estimate of drug-likeness (QED) is 0.566. The number of rotatable bonds is 3. The number of nitrogens with zero attached hydrogens (tertiary/aromatic N) is 1. The maximum atomic E-state index is 9.73. The van der Waals surface area contributed by atoms with Crippen molar-refractivity contribution in [2.45, 2.75) is 31.2 Å². The minimum Gasteiger partial charge on any atom is -0.394 e. The maximum Gasteiger partial charge on any atom is 0.185 e. The molecule has 0 amide bonds. The molecule has 0 saturated carbocycles. The maximum absolute atomic E-state index is 9.73. The van der Waals surface area contributed by atoms with Gasteiger partial charge in [0, 0.05) is 26.3 Å². The zero-order valence-corrected chi connectivity index (χ0v) is 9.24. The van der Waals surface area contributed by atoms with E-state index in [0.717, 1.165) is 0 Å². The molecule has 2 heterocycles. The van der Waals surface area contributed by atoms with Crippen molar-refractivity contribution in [2.24, 2.45) is 0 Å². The monoisotopic (exact) mass is 230 g/mol. The Morgan fingerprint density at radius 1 is 1.62 bits per heavy atom. The summed E-state index contributed by atoms with van der Waals surface area (Å²) in [5.74, 6) is 0. The van der Waals surface area contributed by atoms with Gasteiger partial charge >= 0.3 is 0 Å². The van der Waals surface area contributed by atoms with Crippen LogP contribution in [0.2, 0.25) is 0 Å². The van der Waals surface area contributed by atoms with Crippen LogP contribution in [0.25, 0.3) is 0 Å². The molecule has 4 atom stereocenters. The fraction of sp³-hybridized carbons (Fsp3) is 0.800. The van der Waals surface area contributed by atoms with Gasteiger partial charge in [-0.25, -0.2) is 0 Å². The fourth-order valence-corrected chi connectivity index (χ4v) is 2.08. The third-order valence-electron chi connectivity index (χ3n) is 2.97. The van der Waals surface area contributed by atoms with Crippen molar-refractivity contribution < 1.29 is 19.7 Å². The molecule has 0 aromatic heterocycles. The molecule has 2 aliphatic heterocycles. The smallest absolute Gasteiger partial charge is 0.185 e. The summed E-state index contributed by atoms with van der Waals surface area (Å²) in [5, 5.41) is 21.7. The van der Waals surface area contributed by atoms with Crippen molar-refractivity contribution >= 4 is 0 Å². The van der Waals surface area contributed by atoms with Crippen molar-refractivity contribution in [2.75, 3.05) is 20.3 Å². The number of ether oxygens (including phenoxy) is 2. The van der Waals surface area contributed by atoms with Crippen molar-refractivity contribution in [1.29, 1.82) is 0 Å². The lowest BCUT2D eigenvalue weighted by atomic mass is 10.2. The van der Waals surface area contributed by atoms with E-state index in [2.05, 4.69) is 5.32 Å². The van der Waals surface area contributed by atoms with Gasteiger partial charge in [0.1, 0.15) is 12.3 Å². The summed E-state index contributed by atoms with van der Waals surface area (Å²) in [6, 6.07) is 0. The highest BCUT2D eigenvalue weighted by atomic mass is 16.6. The summed E-state index contributed by atoms with van der Waals surface area (Å²) < 4.78 is 10.9. The van der Waals surface area contributed by atoms with Crippen molar-refractivity contribution in [3.8, 4) is 0 Å². The molecule has 16 heavy (non-hydrogen) atoms. The minimum atomic E-state index is -0.745. The van der Waals surface area contributed by atoms with Crippen LogP contribution in [-0.4, -0.2) is 60.2 Å². The highest BCUT2D eigenvalue weighted by Crippen LogP contribution is 2.26. The molecule has 0 radical (unpaired) electrons. The summed E-state index contributed by atoms with van der Waals surface area (Å²) >= 11 is 0. The molecule has 0 spiro atoms. The van der Waals surface area contributed by atoms with Crippen LogP contribution in [0.4, 0.5) is 0 Å². The minimum absolute atomic E-state index is 0.0733. The SMILES string of the molecule is COC1CC(N2C=CCNC2O)OC1CO. The Morgan fingerprint density at radius 2 is 2.44 bits per heavy atom. The average Bonchev–Trinajstić information content (AvgIpc) is 2.72. The lowest BCUT2D eigenvalue weighted by Gasteiger charge is -2.34. The zero-order valence-electron chi connectivity index (χ0n) is 9.24. The summed E-state index contributed by atoms with van der Waals surface area (Å²) in [7, 11) is 1.60. The van der Waals surface area contributed by atoms with E-state index >= 15 is 0 Å². The molecule has 1 fully saturated rings. The summed E-state index contributed by atoms with van der Waals surface area (Å²) in [5.41, 5.74) is 0. The van der Waals surface area contributed by atoms with Crippen molar-refractivity contribution in [3.05, 3.63) is 12.3 Å².